The molecule has 0 spiro atoms. The van der Waals surface area contributed by atoms with E-state index in [1.165, 1.54) is 43.6 Å². The highest BCUT2D eigenvalue weighted by Gasteiger charge is 2.22. The maximum Gasteiger partial charge on any atom is 0.259 e. The molecule has 0 saturated carbocycles. The van der Waals surface area contributed by atoms with Gasteiger partial charge in [-0.1, -0.05) is 32.4 Å². The Morgan fingerprint density at radius 1 is 1.28 bits per heavy atom. The average molecular weight is 402 g/mol. The summed E-state index contributed by atoms with van der Waals surface area (Å²) in [6, 6.07) is 4.04. The quantitative estimate of drug-likeness (QED) is 0.848. The molecule has 0 aliphatic heterocycles. The molecular formula is C16H20ClN3O3S2. The molecule has 0 fully saturated rings. The summed E-state index contributed by atoms with van der Waals surface area (Å²) < 4.78 is 25.5. The number of aromatic nitrogens is 1. The largest absolute Gasteiger partial charge is 0.298 e. The molecule has 1 heterocycles. The van der Waals surface area contributed by atoms with Gasteiger partial charge in [-0.15, -0.1) is 11.3 Å². The van der Waals surface area contributed by atoms with E-state index < -0.39 is 15.9 Å². The summed E-state index contributed by atoms with van der Waals surface area (Å²) in [5.74, 6) is -0.504. The van der Waals surface area contributed by atoms with E-state index in [1.54, 1.807) is 0 Å². The summed E-state index contributed by atoms with van der Waals surface area (Å²) in [6.07, 6.45) is 0. The molecule has 6 nitrogen and oxygen atoms in total. The Morgan fingerprint density at radius 2 is 1.92 bits per heavy atom. The number of halogens is 1. The maximum atomic E-state index is 12.5. The van der Waals surface area contributed by atoms with E-state index in [1.807, 2.05) is 26.2 Å². The predicted molar refractivity (Wildman–Crippen MR) is 101 cm³/mol. The van der Waals surface area contributed by atoms with Crippen LogP contribution in [0.1, 0.15) is 36.8 Å². The van der Waals surface area contributed by atoms with Crippen LogP contribution >= 0.6 is 22.9 Å². The van der Waals surface area contributed by atoms with Gasteiger partial charge >= 0.3 is 0 Å². The lowest BCUT2D eigenvalue weighted by molar-refractivity contribution is 0.102. The molecule has 1 N–H and O–H groups in total. The minimum absolute atomic E-state index is 0.00145. The molecule has 0 aliphatic carbocycles. The van der Waals surface area contributed by atoms with Crippen LogP contribution in [0.15, 0.2) is 28.5 Å². The summed E-state index contributed by atoms with van der Waals surface area (Å²) in [4.78, 5) is 16.9. The fraction of sp³-hybridized carbons (Fsp3) is 0.375. The molecule has 0 unspecified atom stereocenters. The standard InChI is InChI=1S/C16H20ClN3O3S2/c1-16(2,3)13-9-24-15(18-13)19-14(21)11-8-10(6-7-12(11)17)25(22,23)20(4)5/h6-9H,1-5H3,(H,18,19,21). The number of sulfonamides is 1. The van der Waals surface area contributed by atoms with Crippen LogP contribution in [-0.4, -0.2) is 37.7 Å². The Kier molecular flexibility index (Phi) is 5.58. The van der Waals surface area contributed by atoms with Crippen molar-refractivity contribution in [3.63, 3.8) is 0 Å². The van der Waals surface area contributed by atoms with Crippen molar-refractivity contribution in [2.45, 2.75) is 31.1 Å². The number of anilines is 1. The summed E-state index contributed by atoms with van der Waals surface area (Å²) >= 11 is 7.39. The molecular weight excluding hydrogens is 382 g/mol. The summed E-state index contributed by atoms with van der Waals surface area (Å²) in [5, 5.41) is 5.16. The van der Waals surface area contributed by atoms with Gasteiger partial charge in [0.05, 0.1) is 21.2 Å². The molecule has 1 aromatic heterocycles. The second-order valence-electron chi connectivity index (χ2n) is 6.67. The Hall–Kier alpha value is -1.48. The minimum Gasteiger partial charge on any atom is -0.298 e. The maximum absolute atomic E-state index is 12.5. The van der Waals surface area contributed by atoms with Gasteiger partial charge < -0.3 is 0 Å². The molecule has 0 bridgehead atoms. The number of amides is 1. The van der Waals surface area contributed by atoms with E-state index in [4.69, 9.17) is 11.6 Å². The Bertz CT molecular complexity index is 900. The minimum atomic E-state index is -3.66. The predicted octanol–water partition coefficient (Wildman–Crippen LogP) is 3.60. The van der Waals surface area contributed by atoms with E-state index in [9.17, 15) is 13.2 Å². The van der Waals surface area contributed by atoms with Crippen LogP contribution < -0.4 is 5.32 Å². The summed E-state index contributed by atoms with van der Waals surface area (Å²) in [5.41, 5.74) is 0.816. The first-order chi connectivity index (χ1) is 11.4. The van der Waals surface area contributed by atoms with Crippen LogP contribution in [0.5, 0.6) is 0 Å². The lowest BCUT2D eigenvalue weighted by Crippen LogP contribution is -2.23. The first-order valence-corrected chi connectivity index (χ1v) is 10.1. The van der Waals surface area contributed by atoms with E-state index in [0.717, 1.165) is 10.00 Å². The number of thiazole rings is 1. The zero-order valence-corrected chi connectivity index (χ0v) is 17.0. The van der Waals surface area contributed by atoms with E-state index in [0.29, 0.717) is 5.13 Å². The number of carbonyl (C=O) groups excluding carboxylic acids is 1. The van der Waals surface area contributed by atoms with Crippen molar-refractivity contribution < 1.29 is 13.2 Å². The Morgan fingerprint density at radius 3 is 2.44 bits per heavy atom. The number of nitrogens with zero attached hydrogens (tertiary/aromatic N) is 2. The lowest BCUT2D eigenvalue weighted by Gasteiger charge is -2.14. The Balaban J connectivity index is 2.32. The fourth-order valence-electron chi connectivity index (χ4n) is 1.89. The second kappa shape index (κ2) is 7.03. The van der Waals surface area contributed by atoms with E-state index in [2.05, 4.69) is 10.3 Å². The molecule has 0 atom stereocenters. The highest BCUT2D eigenvalue weighted by Crippen LogP contribution is 2.28. The number of nitrogens with one attached hydrogen (secondary N) is 1. The van der Waals surface area contributed by atoms with E-state index in [-0.39, 0.29) is 20.9 Å². The molecule has 9 heteroatoms. The van der Waals surface area contributed by atoms with Gasteiger partial charge in [-0.05, 0) is 18.2 Å². The highest BCUT2D eigenvalue weighted by atomic mass is 35.5. The third-order valence-electron chi connectivity index (χ3n) is 3.45. The smallest absolute Gasteiger partial charge is 0.259 e. The normalized spacial score (nSPS) is 12.4. The van der Waals surface area contributed by atoms with Gasteiger partial charge in [0.1, 0.15) is 0 Å². The fourth-order valence-corrected chi connectivity index (χ4v) is 3.95. The monoisotopic (exact) mass is 401 g/mol. The first-order valence-electron chi connectivity index (χ1n) is 7.42. The zero-order chi connectivity index (χ0) is 19.0. The molecule has 0 aliphatic rings. The zero-order valence-electron chi connectivity index (χ0n) is 14.6. The molecule has 0 saturated heterocycles. The third-order valence-corrected chi connectivity index (χ3v) is 6.35. The van der Waals surface area contributed by atoms with Gasteiger partial charge in [0.2, 0.25) is 10.0 Å². The number of carbonyl (C=O) groups is 1. The van der Waals surface area contributed by atoms with Gasteiger partial charge in [-0.2, -0.15) is 0 Å². The van der Waals surface area contributed by atoms with Gasteiger partial charge in [-0.25, -0.2) is 17.7 Å². The Labute approximate surface area is 156 Å². The van der Waals surface area contributed by atoms with Crippen LogP contribution in [0, 0.1) is 0 Å². The molecule has 1 aromatic carbocycles. The molecule has 25 heavy (non-hydrogen) atoms. The first kappa shape index (κ1) is 19.8. The van der Waals surface area contributed by atoms with Crippen LogP contribution in [0.4, 0.5) is 5.13 Å². The molecule has 136 valence electrons. The number of rotatable bonds is 4. The van der Waals surface area contributed by atoms with Gasteiger partial charge in [0.15, 0.2) is 5.13 Å². The van der Waals surface area contributed by atoms with Gasteiger partial charge in [-0.3, -0.25) is 10.1 Å². The summed E-state index contributed by atoms with van der Waals surface area (Å²) in [6.45, 7) is 6.08. The summed E-state index contributed by atoms with van der Waals surface area (Å²) in [7, 11) is -0.808. The highest BCUT2D eigenvalue weighted by molar-refractivity contribution is 7.89. The van der Waals surface area contributed by atoms with Gasteiger partial charge in [0, 0.05) is 24.9 Å². The SMILES string of the molecule is CN(C)S(=O)(=O)c1ccc(Cl)c(C(=O)Nc2nc(C(C)(C)C)cs2)c1. The third kappa shape index (κ3) is 4.38. The van der Waals surface area contributed by atoms with Crippen molar-refractivity contribution in [2.75, 3.05) is 19.4 Å². The van der Waals surface area contributed by atoms with Crippen molar-refractivity contribution >= 4 is 44.0 Å². The van der Waals surface area contributed by atoms with Crippen molar-refractivity contribution in [2.24, 2.45) is 0 Å². The molecule has 1 amide bonds. The van der Waals surface area contributed by atoms with Crippen molar-refractivity contribution in [1.82, 2.24) is 9.29 Å². The molecule has 0 radical (unpaired) electrons. The van der Waals surface area contributed by atoms with E-state index >= 15 is 0 Å². The van der Waals surface area contributed by atoms with Crippen molar-refractivity contribution in [3.05, 3.63) is 39.9 Å². The van der Waals surface area contributed by atoms with Crippen LogP contribution in [0.2, 0.25) is 5.02 Å². The number of benzene rings is 1. The lowest BCUT2D eigenvalue weighted by atomic mass is 9.93. The van der Waals surface area contributed by atoms with Crippen molar-refractivity contribution in [1.29, 1.82) is 0 Å². The topological polar surface area (TPSA) is 79.4 Å². The molecule has 2 aromatic rings. The van der Waals surface area contributed by atoms with Crippen LogP contribution in [-0.2, 0) is 15.4 Å². The van der Waals surface area contributed by atoms with Crippen molar-refractivity contribution in [3.8, 4) is 0 Å². The number of hydrogen-bond acceptors (Lipinski definition) is 5. The average Bonchev–Trinajstić information content (AvgIpc) is 2.95. The second-order valence-corrected chi connectivity index (χ2v) is 10.1. The van der Waals surface area contributed by atoms with Crippen LogP contribution in [0.3, 0.4) is 0 Å². The van der Waals surface area contributed by atoms with Crippen LogP contribution in [0.25, 0.3) is 0 Å². The number of hydrogen-bond donors (Lipinski definition) is 1. The molecule has 2 rings (SSSR count). The van der Waals surface area contributed by atoms with Gasteiger partial charge in [0.25, 0.3) is 5.91 Å².